The topological polar surface area (TPSA) is 64.6 Å². The van der Waals surface area contributed by atoms with Gasteiger partial charge in [0.1, 0.15) is 5.60 Å². The highest BCUT2D eigenvalue weighted by Crippen LogP contribution is 2.31. The molecule has 0 spiro atoms. The predicted octanol–water partition coefficient (Wildman–Crippen LogP) is 2.68. The first-order valence-corrected chi connectivity index (χ1v) is 8.29. The van der Waals surface area contributed by atoms with E-state index in [1.54, 1.807) is 0 Å². The molecule has 5 heteroatoms. The van der Waals surface area contributed by atoms with Gasteiger partial charge in [-0.15, -0.1) is 0 Å². The van der Waals surface area contributed by atoms with Crippen LogP contribution in [0.1, 0.15) is 59.3 Å². The third-order valence-corrected chi connectivity index (χ3v) is 4.07. The van der Waals surface area contributed by atoms with E-state index in [1.807, 2.05) is 20.8 Å². The number of nitrogens with one attached hydrogen (secondary N) is 1. The van der Waals surface area contributed by atoms with Gasteiger partial charge in [0.2, 0.25) is 0 Å². The van der Waals surface area contributed by atoms with Crippen LogP contribution >= 0.6 is 0 Å². The fourth-order valence-corrected chi connectivity index (χ4v) is 2.90. The Labute approximate surface area is 134 Å². The maximum atomic E-state index is 11.6. The quantitative estimate of drug-likeness (QED) is 0.732. The number of hydrogen-bond donors (Lipinski definition) is 1. The van der Waals surface area contributed by atoms with Gasteiger partial charge in [-0.05, 0) is 58.4 Å². The zero-order chi connectivity index (χ0) is 16.6. The second kappa shape index (κ2) is 9.13. The second-order valence-electron chi connectivity index (χ2n) is 7.22. The maximum Gasteiger partial charge on any atom is 0.320 e. The van der Waals surface area contributed by atoms with E-state index in [2.05, 4.69) is 10.1 Å². The molecular formula is C17H31NO4. The van der Waals surface area contributed by atoms with E-state index < -0.39 is 5.60 Å². The van der Waals surface area contributed by atoms with Gasteiger partial charge in [-0.1, -0.05) is 12.8 Å². The van der Waals surface area contributed by atoms with Crippen LogP contribution in [0, 0.1) is 11.8 Å². The molecule has 1 saturated carbocycles. The summed E-state index contributed by atoms with van der Waals surface area (Å²) in [6.45, 7) is 6.77. The van der Waals surface area contributed by atoms with E-state index in [1.165, 1.54) is 7.11 Å². The number of hydrogen-bond acceptors (Lipinski definition) is 5. The number of ether oxygens (including phenoxy) is 2. The van der Waals surface area contributed by atoms with Crippen molar-refractivity contribution >= 4 is 11.9 Å². The molecule has 0 aromatic carbocycles. The lowest BCUT2D eigenvalue weighted by Gasteiger charge is -2.28. The molecule has 0 unspecified atom stereocenters. The number of methoxy groups -OCH3 is 1. The fraction of sp³-hybridized carbons (Fsp3) is 0.882. The summed E-state index contributed by atoms with van der Waals surface area (Å²) >= 11 is 0. The normalized spacial score (nSPS) is 22.2. The van der Waals surface area contributed by atoms with Crippen molar-refractivity contribution in [3.05, 3.63) is 0 Å². The van der Waals surface area contributed by atoms with Crippen molar-refractivity contribution in [1.29, 1.82) is 0 Å². The minimum absolute atomic E-state index is 0.110. The summed E-state index contributed by atoms with van der Waals surface area (Å²) in [5, 5.41) is 3.20. The highest BCUT2D eigenvalue weighted by atomic mass is 16.6. The van der Waals surface area contributed by atoms with Crippen LogP contribution in [0.25, 0.3) is 0 Å². The first-order valence-electron chi connectivity index (χ1n) is 8.29. The summed E-state index contributed by atoms with van der Waals surface area (Å²) < 4.78 is 9.94. The van der Waals surface area contributed by atoms with Crippen molar-refractivity contribution in [3.8, 4) is 0 Å². The third kappa shape index (κ3) is 8.37. The molecule has 128 valence electrons. The lowest BCUT2D eigenvalue weighted by molar-refractivity contribution is -0.153. The molecule has 0 radical (unpaired) electrons. The Hall–Kier alpha value is -1.10. The first kappa shape index (κ1) is 18.9. The van der Waals surface area contributed by atoms with E-state index in [0.717, 1.165) is 38.6 Å². The Kier molecular flexibility index (Phi) is 7.87. The summed E-state index contributed by atoms with van der Waals surface area (Å²) in [7, 11) is 1.44. The maximum absolute atomic E-state index is 11.6. The predicted molar refractivity (Wildman–Crippen MR) is 85.4 cm³/mol. The molecular weight excluding hydrogens is 282 g/mol. The molecule has 0 aliphatic heterocycles. The lowest BCUT2D eigenvalue weighted by atomic mass is 9.80. The molecule has 0 saturated heterocycles. The summed E-state index contributed by atoms with van der Waals surface area (Å²) in [5.74, 6) is 0.957. The van der Waals surface area contributed by atoms with Gasteiger partial charge in [0.05, 0.1) is 13.7 Å². The molecule has 1 N–H and O–H groups in total. The molecule has 1 aliphatic rings. The summed E-state index contributed by atoms with van der Waals surface area (Å²) in [4.78, 5) is 22.7. The van der Waals surface area contributed by atoms with Gasteiger partial charge in [0.15, 0.2) is 0 Å². The van der Waals surface area contributed by atoms with E-state index in [9.17, 15) is 9.59 Å². The first-order chi connectivity index (χ1) is 10.3. The van der Waals surface area contributed by atoms with Gasteiger partial charge < -0.3 is 14.8 Å². The van der Waals surface area contributed by atoms with Gasteiger partial charge in [-0.3, -0.25) is 9.59 Å². The van der Waals surface area contributed by atoms with Crippen LogP contribution in [0.4, 0.5) is 0 Å². The van der Waals surface area contributed by atoms with Crippen molar-refractivity contribution in [2.24, 2.45) is 11.8 Å². The van der Waals surface area contributed by atoms with Crippen LogP contribution in [-0.2, 0) is 19.1 Å². The Morgan fingerprint density at radius 1 is 1.05 bits per heavy atom. The van der Waals surface area contributed by atoms with Crippen LogP contribution in [0.5, 0.6) is 0 Å². The average Bonchev–Trinajstić information content (AvgIpc) is 2.44. The molecule has 1 rings (SSSR count). The smallest absolute Gasteiger partial charge is 0.320 e. The van der Waals surface area contributed by atoms with Crippen molar-refractivity contribution in [1.82, 2.24) is 5.32 Å². The Morgan fingerprint density at radius 2 is 1.64 bits per heavy atom. The molecule has 0 aromatic heterocycles. The molecule has 0 aromatic rings. The van der Waals surface area contributed by atoms with Gasteiger partial charge in [0, 0.05) is 6.42 Å². The van der Waals surface area contributed by atoms with Crippen molar-refractivity contribution < 1.29 is 19.1 Å². The Morgan fingerprint density at radius 3 is 2.18 bits per heavy atom. The Balaban J connectivity index is 2.10. The minimum Gasteiger partial charge on any atom is -0.469 e. The second-order valence-corrected chi connectivity index (χ2v) is 7.22. The van der Waals surface area contributed by atoms with Crippen LogP contribution < -0.4 is 5.32 Å². The molecule has 1 aliphatic carbocycles. The highest BCUT2D eigenvalue weighted by molar-refractivity contribution is 5.72. The molecule has 0 heterocycles. The van der Waals surface area contributed by atoms with Crippen molar-refractivity contribution in [2.75, 3.05) is 20.2 Å². The van der Waals surface area contributed by atoms with Gasteiger partial charge in [0.25, 0.3) is 0 Å². The molecule has 0 amide bonds. The number of carbonyl (C=O) groups excluding carboxylic acids is 2. The van der Waals surface area contributed by atoms with Gasteiger partial charge in [-0.2, -0.15) is 0 Å². The van der Waals surface area contributed by atoms with Crippen LogP contribution in [0.15, 0.2) is 0 Å². The minimum atomic E-state index is -0.420. The molecule has 5 nitrogen and oxygen atoms in total. The number of carbonyl (C=O) groups is 2. The molecule has 1 fully saturated rings. The molecule has 22 heavy (non-hydrogen) atoms. The molecule has 0 atom stereocenters. The van der Waals surface area contributed by atoms with Crippen molar-refractivity contribution in [3.63, 3.8) is 0 Å². The monoisotopic (exact) mass is 313 g/mol. The van der Waals surface area contributed by atoms with Gasteiger partial charge in [-0.25, -0.2) is 0 Å². The average molecular weight is 313 g/mol. The highest BCUT2D eigenvalue weighted by Gasteiger charge is 2.22. The van der Waals surface area contributed by atoms with Gasteiger partial charge >= 0.3 is 11.9 Å². The standard InChI is InChI=1S/C17H31NO4/c1-17(2,3)22-16(20)12-18-11-14-7-5-13(6-8-14)9-10-15(19)21-4/h13-14,18H,5-12H2,1-4H3. The summed E-state index contributed by atoms with van der Waals surface area (Å²) in [5.41, 5.74) is -0.420. The number of esters is 2. The summed E-state index contributed by atoms with van der Waals surface area (Å²) in [6.07, 6.45) is 6.11. The van der Waals surface area contributed by atoms with Crippen LogP contribution in [0.2, 0.25) is 0 Å². The van der Waals surface area contributed by atoms with Crippen LogP contribution in [0.3, 0.4) is 0 Å². The SMILES string of the molecule is COC(=O)CCC1CCC(CNCC(=O)OC(C)(C)C)CC1. The van der Waals surface area contributed by atoms with E-state index >= 15 is 0 Å². The number of rotatable bonds is 7. The lowest BCUT2D eigenvalue weighted by Crippen LogP contribution is -2.34. The van der Waals surface area contributed by atoms with Crippen molar-refractivity contribution in [2.45, 2.75) is 64.9 Å². The van der Waals surface area contributed by atoms with E-state index in [-0.39, 0.29) is 18.5 Å². The zero-order valence-corrected chi connectivity index (χ0v) is 14.4. The zero-order valence-electron chi connectivity index (χ0n) is 14.4. The molecule has 0 bridgehead atoms. The largest absolute Gasteiger partial charge is 0.469 e. The van der Waals surface area contributed by atoms with Crippen LogP contribution in [-0.4, -0.2) is 37.7 Å². The van der Waals surface area contributed by atoms with E-state index in [0.29, 0.717) is 18.3 Å². The summed E-state index contributed by atoms with van der Waals surface area (Å²) in [6, 6.07) is 0. The van der Waals surface area contributed by atoms with E-state index in [4.69, 9.17) is 4.74 Å². The Bertz CT molecular complexity index is 354. The third-order valence-electron chi connectivity index (χ3n) is 4.07. The fourth-order valence-electron chi connectivity index (χ4n) is 2.90.